The summed E-state index contributed by atoms with van der Waals surface area (Å²) >= 11 is 0. The van der Waals surface area contributed by atoms with Crippen LogP contribution in [0.2, 0.25) is 0 Å². The highest BCUT2D eigenvalue weighted by Crippen LogP contribution is 2.20. The SMILES string of the molecule is CC(OCC(F)F)c1ccc(C(=O)O)o1. The zero-order valence-electron chi connectivity index (χ0n) is 7.94. The largest absolute Gasteiger partial charge is 0.475 e. The molecule has 0 bridgehead atoms. The third kappa shape index (κ3) is 3.32. The van der Waals surface area contributed by atoms with Crippen molar-refractivity contribution in [1.29, 1.82) is 0 Å². The van der Waals surface area contributed by atoms with E-state index >= 15 is 0 Å². The van der Waals surface area contributed by atoms with E-state index in [1.165, 1.54) is 19.1 Å². The molecule has 0 saturated heterocycles. The van der Waals surface area contributed by atoms with Crippen LogP contribution in [0.1, 0.15) is 29.3 Å². The highest BCUT2D eigenvalue weighted by molar-refractivity contribution is 5.84. The number of carbonyl (C=O) groups is 1. The molecule has 6 heteroatoms. The van der Waals surface area contributed by atoms with E-state index in [4.69, 9.17) is 14.3 Å². The minimum atomic E-state index is -2.55. The number of hydrogen-bond acceptors (Lipinski definition) is 3. The van der Waals surface area contributed by atoms with Crippen LogP contribution >= 0.6 is 0 Å². The number of hydrogen-bond donors (Lipinski definition) is 1. The zero-order chi connectivity index (χ0) is 11.4. The summed E-state index contributed by atoms with van der Waals surface area (Å²) in [5, 5.41) is 8.54. The van der Waals surface area contributed by atoms with Crippen LogP contribution in [0.5, 0.6) is 0 Å². The van der Waals surface area contributed by atoms with Crippen LogP contribution in [0.3, 0.4) is 0 Å². The lowest BCUT2D eigenvalue weighted by molar-refractivity contribution is -0.0256. The molecule has 0 radical (unpaired) electrons. The first-order chi connectivity index (χ1) is 7.00. The fourth-order valence-electron chi connectivity index (χ4n) is 0.985. The van der Waals surface area contributed by atoms with Gasteiger partial charge in [0.1, 0.15) is 18.5 Å². The number of furan rings is 1. The van der Waals surface area contributed by atoms with Gasteiger partial charge in [-0.2, -0.15) is 0 Å². The van der Waals surface area contributed by atoms with Crippen LogP contribution in [-0.4, -0.2) is 24.1 Å². The summed E-state index contributed by atoms with van der Waals surface area (Å²) in [5.41, 5.74) is 0. The van der Waals surface area contributed by atoms with Crippen LogP contribution in [0.15, 0.2) is 16.5 Å². The van der Waals surface area contributed by atoms with Gasteiger partial charge in [-0.25, -0.2) is 13.6 Å². The second kappa shape index (κ2) is 4.88. The molecular formula is C9H10F2O4. The molecular weight excluding hydrogens is 210 g/mol. The summed E-state index contributed by atoms with van der Waals surface area (Å²) in [6, 6.07) is 2.64. The van der Waals surface area contributed by atoms with E-state index in [1.54, 1.807) is 0 Å². The number of halogens is 2. The Balaban J connectivity index is 2.58. The summed E-state index contributed by atoms with van der Waals surface area (Å²) in [4.78, 5) is 10.4. The van der Waals surface area contributed by atoms with Gasteiger partial charge >= 0.3 is 5.97 Å². The molecule has 1 rings (SSSR count). The zero-order valence-corrected chi connectivity index (χ0v) is 7.94. The van der Waals surface area contributed by atoms with E-state index in [0.29, 0.717) is 0 Å². The molecule has 0 fully saturated rings. The molecule has 1 atom stereocenters. The Kier molecular flexibility index (Phi) is 3.79. The normalized spacial score (nSPS) is 13.1. The number of rotatable bonds is 5. The summed E-state index contributed by atoms with van der Waals surface area (Å²) in [6.45, 7) is 0.803. The second-order valence-electron chi connectivity index (χ2n) is 2.87. The van der Waals surface area contributed by atoms with Gasteiger partial charge in [-0.1, -0.05) is 0 Å². The maximum absolute atomic E-state index is 11.8. The molecule has 0 amide bonds. The van der Waals surface area contributed by atoms with Gasteiger partial charge in [0.25, 0.3) is 6.43 Å². The molecule has 15 heavy (non-hydrogen) atoms. The van der Waals surface area contributed by atoms with E-state index in [9.17, 15) is 13.6 Å². The monoisotopic (exact) mass is 220 g/mol. The number of aromatic carboxylic acids is 1. The van der Waals surface area contributed by atoms with Crippen LogP contribution in [0.4, 0.5) is 8.78 Å². The van der Waals surface area contributed by atoms with Gasteiger partial charge in [0, 0.05) is 0 Å². The van der Waals surface area contributed by atoms with Crippen LogP contribution in [0, 0.1) is 0 Å². The van der Waals surface area contributed by atoms with Crippen molar-refractivity contribution in [2.24, 2.45) is 0 Å². The molecule has 1 aromatic heterocycles. The third-order valence-corrected chi connectivity index (χ3v) is 1.71. The first kappa shape index (κ1) is 11.6. The van der Waals surface area contributed by atoms with Crippen molar-refractivity contribution in [3.63, 3.8) is 0 Å². The van der Waals surface area contributed by atoms with Crippen molar-refractivity contribution >= 4 is 5.97 Å². The van der Waals surface area contributed by atoms with Crippen LogP contribution in [0.25, 0.3) is 0 Å². The second-order valence-corrected chi connectivity index (χ2v) is 2.87. The van der Waals surface area contributed by atoms with E-state index in [1.807, 2.05) is 0 Å². The van der Waals surface area contributed by atoms with Crippen molar-refractivity contribution in [1.82, 2.24) is 0 Å². The molecule has 4 nitrogen and oxygen atoms in total. The molecule has 1 heterocycles. The summed E-state index contributed by atoms with van der Waals surface area (Å²) in [5.74, 6) is -1.23. The van der Waals surface area contributed by atoms with Gasteiger partial charge in [-0.3, -0.25) is 0 Å². The van der Waals surface area contributed by atoms with Gasteiger partial charge in [0.15, 0.2) is 0 Å². The molecule has 0 aliphatic rings. The minimum Gasteiger partial charge on any atom is -0.475 e. The Morgan fingerprint density at radius 1 is 1.60 bits per heavy atom. The quantitative estimate of drug-likeness (QED) is 0.827. The van der Waals surface area contributed by atoms with Gasteiger partial charge in [-0.15, -0.1) is 0 Å². The van der Waals surface area contributed by atoms with Gasteiger partial charge in [0.2, 0.25) is 5.76 Å². The maximum atomic E-state index is 11.8. The lowest BCUT2D eigenvalue weighted by Crippen LogP contribution is -2.07. The molecule has 0 saturated carbocycles. The molecule has 1 aromatic rings. The Hall–Kier alpha value is -1.43. The Morgan fingerprint density at radius 3 is 2.73 bits per heavy atom. The average Bonchev–Trinajstić information content (AvgIpc) is 2.62. The lowest BCUT2D eigenvalue weighted by atomic mass is 10.3. The first-order valence-corrected chi connectivity index (χ1v) is 4.23. The Bertz CT molecular complexity index is 335. The Labute approximate surface area is 84.5 Å². The molecule has 0 spiro atoms. The summed E-state index contributed by atoms with van der Waals surface area (Å²) in [7, 11) is 0. The predicted octanol–water partition coefficient (Wildman–Crippen LogP) is 2.32. The van der Waals surface area contributed by atoms with E-state index < -0.39 is 25.1 Å². The van der Waals surface area contributed by atoms with Crippen molar-refractivity contribution in [2.45, 2.75) is 19.5 Å². The topological polar surface area (TPSA) is 59.7 Å². The summed E-state index contributed by atoms with van der Waals surface area (Å²) < 4.78 is 33.2. The van der Waals surface area contributed by atoms with Crippen molar-refractivity contribution in [3.8, 4) is 0 Å². The molecule has 0 aromatic carbocycles. The van der Waals surface area contributed by atoms with E-state index in [2.05, 4.69) is 0 Å². The molecule has 0 aliphatic heterocycles. The number of carboxylic acids is 1. The minimum absolute atomic E-state index is 0.216. The van der Waals surface area contributed by atoms with E-state index in [-0.39, 0.29) is 11.5 Å². The Morgan fingerprint density at radius 2 is 2.27 bits per heavy atom. The highest BCUT2D eigenvalue weighted by Gasteiger charge is 2.15. The van der Waals surface area contributed by atoms with Gasteiger partial charge < -0.3 is 14.3 Å². The number of ether oxygens (including phenoxy) is 1. The summed E-state index contributed by atoms with van der Waals surface area (Å²) in [6.07, 6.45) is -3.24. The van der Waals surface area contributed by atoms with Gasteiger partial charge in [0.05, 0.1) is 0 Å². The fraction of sp³-hybridized carbons (Fsp3) is 0.444. The maximum Gasteiger partial charge on any atom is 0.371 e. The van der Waals surface area contributed by atoms with Crippen molar-refractivity contribution in [2.75, 3.05) is 6.61 Å². The molecule has 1 N–H and O–H groups in total. The highest BCUT2D eigenvalue weighted by atomic mass is 19.3. The molecule has 0 aliphatic carbocycles. The van der Waals surface area contributed by atoms with Crippen LogP contribution < -0.4 is 0 Å². The molecule has 1 unspecified atom stereocenters. The third-order valence-electron chi connectivity index (χ3n) is 1.71. The van der Waals surface area contributed by atoms with Crippen molar-refractivity contribution in [3.05, 3.63) is 23.7 Å². The number of alkyl halides is 2. The predicted molar refractivity (Wildman–Crippen MR) is 46.0 cm³/mol. The molecule has 84 valence electrons. The first-order valence-electron chi connectivity index (χ1n) is 4.23. The van der Waals surface area contributed by atoms with Gasteiger partial charge in [-0.05, 0) is 19.1 Å². The van der Waals surface area contributed by atoms with Crippen molar-refractivity contribution < 1.29 is 27.8 Å². The fourth-order valence-corrected chi connectivity index (χ4v) is 0.985. The number of carboxylic acid groups (broad SMARTS) is 1. The van der Waals surface area contributed by atoms with Crippen LogP contribution in [-0.2, 0) is 4.74 Å². The average molecular weight is 220 g/mol. The standard InChI is InChI=1S/C9H10F2O4/c1-5(14-4-8(10)11)6-2-3-7(15-6)9(12)13/h2-3,5,8H,4H2,1H3,(H,12,13). The van der Waals surface area contributed by atoms with E-state index in [0.717, 1.165) is 0 Å². The smallest absolute Gasteiger partial charge is 0.371 e. The lowest BCUT2D eigenvalue weighted by Gasteiger charge is -2.09.